The first-order chi connectivity index (χ1) is 12.7. The van der Waals surface area contributed by atoms with Gasteiger partial charge < -0.3 is 4.57 Å². The third-order valence-corrected chi connectivity index (χ3v) is 4.53. The van der Waals surface area contributed by atoms with Crippen LogP contribution in [-0.2, 0) is 13.0 Å². The first-order valence-electron chi connectivity index (χ1n) is 8.32. The maximum Gasteiger partial charge on any atom is 0.159 e. The summed E-state index contributed by atoms with van der Waals surface area (Å²) in [7, 11) is 0. The van der Waals surface area contributed by atoms with Crippen molar-refractivity contribution in [3.8, 4) is 11.5 Å². The van der Waals surface area contributed by atoms with Crippen molar-refractivity contribution in [1.82, 2.24) is 29.1 Å². The second kappa shape index (κ2) is 7.05. The number of fused-ring (bicyclic) bond motifs is 1. The minimum atomic E-state index is 0.449. The van der Waals surface area contributed by atoms with Crippen molar-refractivity contribution in [2.24, 2.45) is 0 Å². The summed E-state index contributed by atoms with van der Waals surface area (Å²) >= 11 is 12.2. The average molecular weight is 387 g/mol. The van der Waals surface area contributed by atoms with Gasteiger partial charge in [-0.05, 0) is 30.7 Å². The SMILES string of the molecule is CCCc1c(Cn2ccnc2-c2cc(Cl)ccn2)nc2ccc(Cl)nn12. The van der Waals surface area contributed by atoms with Crippen LogP contribution >= 0.6 is 23.2 Å². The molecule has 0 aromatic carbocycles. The lowest BCUT2D eigenvalue weighted by Gasteiger charge is -2.08. The van der Waals surface area contributed by atoms with Crippen LogP contribution in [0.25, 0.3) is 17.2 Å². The Morgan fingerprint density at radius 2 is 1.96 bits per heavy atom. The first-order valence-corrected chi connectivity index (χ1v) is 9.07. The van der Waals surface area contributed by atoms with E-state index in [1.54, 1.807) is 30.6 Å². The van der Waals surface area contributed by atoms with Crippen LogP contribution in [0.15, 0.2) is 42.9 Å². The van der Waals surface area contributed by atoms with E-state index < -0.39 is 0 Å². The van der Waals surface area contributed by atoms with Gasteiger partial charge >= 0.3 is 0 Å². The highest BCUT2D eigenvalue weighted by Gasteiger charge is 2.16. The number of aryl methyl sites for hydroxylation is 1. The highest BCUT2D eigenvalue weighted by atomic mass is 35.5. The van der Waals surface area contributed by atoms with E-state index in [2.05, 4.69) is 22.0 Å². The molecule has 0 radical (unpaired) electrons. The Morgan fingerprint density at radius 1 is 1.08 bits per heavy atom. The molecule has 4 rings (SSSR count). The third kappa shape index (κ3) is 3.18. The molecular weight excluding hydrogens is 371 g/mol. The number of pyridine rings is 1. The Bertz CT molecular complexity index is 1070. The third-order valence-electron chi connectivity index (χ3n) is 4.09. The van der Waals surface area contributed by atoms with E-state index in [1.807, 2.05) is 21.3 Å². The summed E-state index contributed by atoms with van der Waals surface area (Å²) < 4.78 is 3.84. The number of halogens is 2. The lowest BCUT2D eigenvalue weighted by molar-refractivity contribution is 0.742. The van der Waals surface area contributed by atoms with Crippen LogP contribution in [0.2, 0.25) is 10.2 Å². The maximum atomic E-state index is 6.10. The molecule has 0 bridgehead atoms. The summed E-state index contributed by atoms with van der Waals surface area (Å²) in [4.78, 5) is 13.6. The van der Waals surface area contributed by atoms with Crippen LogP contribution in [0.5, 0.6) is 0 Å². The number of rotatable bonds is 5. The van der Waals surface area contributed by atoms with Crippen LogP contribution in [0, 0.1) is 0 Å². The van der Waals surface area contributed by atoms with Crippen LogP contribution < -0.4 is 0 Å². The van der Waals surface area contributed by atoms with Crippen molar-refractivity contribution in [2.75, 3.05) is 0 Å². The molecule has 4 heterocycles. The van der Waals surface area contributed by atoms with E-state index >= 15 is 0 Å². The molecule has 0 amide bonds. The predicted octanol–water partition coefficient (Wildman–Crippen LogP) is 4.30. The molecule has 0 saturated heterocycles. The summed E-state index contributed by atoms with van der Waals surface area (Å²) in [5.74, 6) is 0.748. The first kappa shape index (κ1) is 17.0. The summed E-state index contributed by atoms with van der Waals surface area (Å²) in [5.41, 5.74) is 3.52. The fourth-order valence-corrected chi connectivity index (χ4v) is 3.27. The Kier molecular flexibility index (Phi) is 4.61. The van der Waals surface area contributed by atoms with E-state index in [0.29, 0.717) is 16.7 Å². The van der Waals surface area contributed by atoms with Crippen molar-refractivity contribution in [1.29, 1.82) is 0 Å². The normalized spacial score (nSPS) is 11.3. The van der Waals surface area contributed by atoms with Crippen molar-refractivity contribution in [3.05, 3.63) is 64.4 Å². The second-order valence-corrected chi connectivity index (χ2v) is 6.74. The molecule has 4 aromatic heterocycles. The molecule has 0 aliphatic rings. The van der Waals surface area contributed by atoms with Crippen LogP contribution in [-0.4, -0.2) is 29.1 Å². The predicted molar refractivity (Wildman–Crippen MR) is 102 cm³/mol. The molecule has 4 aromatic rings. The minimum absolute atomic E-state index is 0.449. The average Bonchev–Trinajstić information content (AvgIpc) is 3.21. The molecule has 0 N–H and O–H groups in total. The number of nitrogens with zero attached hydrogens (tertiary/aromatic N) is 6. The number of hydrogen-bond acceptors (Lipinski definition) is 4. The standard InChI is InChI=1S/C18H16Cl2N6/c1-2-3-15-14(23-17-5-4-16(20)24-26(15)17)11-25-9-8-22-18(25)13-10-12(19)6-7-21-13/h4-10H,2-3,11H2,1H3. The van der Waals surface area contributed by atoms with Crippen molar-refractivity contribution < 1.29 is 0 Å². The summed E-state index contributed by atoms with van der Waals surface area (Å²) in [6.45, 7) is 2.70. The molecular formula is C18H16Cl2N6. The van der Waals surface area contributed by atoms with Gasteiger partial charge in [0.25, 0.3) is 0 Å². The molecule has 0 atom stereocenters. The van der Waals surface area contributed by atoms with Crippen molar-refractivity contribution in [3.63, 3.8) is 0 Å². The van der Waals surface area contributed by atoms with E-state index in [4.69, 9.17) is 28.2 Å². The highest BCUT2D eigenvalue weighted by molar-refractivity contribution is 6.30. The molecule has 6 nitrogen and oxygen atoms in total. The molecule has 0 aliphatic carbocycles. The number of imidazole rings is 2. The highest BCUT2D eigenvalue weighted by Crippen LogP contribution is 2.22. The molecule has 0 spiro atoms. The smallest absolute Gasteiger partial charge is 0.159 e. The quantitative estimate of drug-likeness (QED) is 0.513. The van der Waals surface area contributed by atoms with Gasteiger partial charge in [-0.1, -0.05) is 36.5 Å². The minimum Gasteiger partial charge on any atom is -0.324 e. The summed E-state index contributed by atoms with van der Waals surface area (Å²) in [5, 5.41) is 5.48. The van der Waals surface area contributed by atoms with Gasteiger partial charge in [-0.2, -0.15) is 5.10 Å². The zero-order valence-corrected chi connectivity index (χ0v) is 15.6. The molecule has 0 aliphatic heterocycles. The number of hydrogen-bond donors (Lipinski definition) is 0. The van der Waals surface area contributed by atoms with Crippen LogP contribution in [0.4, 0.5) is 0 Å². The molecule has 0 fully saturated rings. The van der Waals surface area contributed by atoms with E-state index in [1.165, 1.54) is 0 Å². The van der Waals surface area contributed by atoms with Gasteiger partial charge in [-0.25, -0.2) is 14.5 Å². The Hall–Kier alpha value is -2.44. The van der Waals surface area contributed by atoms with E-state index in [9.17, 15) is 0 Å². The van der Waals surface area contributed by atoms with Gasteiger partial charge in [0.15, 0.2) is 11.5 Å². The topological polar surface area (TPSA) is 60.9 Å². The van der Waals surface area contributed by atoms with Gasteiger partial charge in [0.2, 0.25) is 0 Å². The Labute approximate surface area is 160 Å². The lowest BCUT2D eigenvalue weighted by atomic mass is 10.2. The fourth-order valence-electron chi connectivity index (χ4n) is 2.97. The summed E-state index contributed by atoms with van der Waals surface area (Å²) in [6, 6.07) is 7.18. The van der Waals surface area contributed by atoms with Gasteiger partial charge in [0, 0.05) is 23.6 Å². The Morgan fingerprint density at radius 3 is 2.77 bits per heavy atom. The molecule has 0 saturated carbocycles. The van der Waals surface area contributed by atoms with Crippen LogP contribution in [0.3, 0.4) is 0 Å². The van der Waals surface area contributed by atoms with Gasteiger partial charge in [0.1, 0.15) is 10.8 Å². The van der Waals surface area contributed by atoms with E-state index in [-0.39, 0.29) is 0 Å². The monoisotopic (exact) mass is 386 g/mol. The molecule has 8 heteroatoms. The zero-order chi connectivity index (χ0) is 18.1. The van der Waals surface area contributed by atoms with E-state index in [0.717, 1.165) is 41.4 Å². The molecule has 26 heavy (non-hydrogen) atoms. The van der Waals surface area contributed by atoms with Gasteiger partial charge in [-0.3, -0.25) is 4.98 Å². The van der Waals surface area contributed by atoms with Crippen molar-refractivity contribution in [2.45, 2.75) is 26.3 Å². The largest absolute Gasteiger partial charge is 0.324 e. The zero-order valence-electron chi connectivity index (χ0n) is 14.1. The fraction of sp³-hybridized carbons (Fsp3) is 0.222. The second-order valence-electron chi connectivity index (χ2n) is 5.92. The lowest BCUT2D eigenvalue weighted by Crippen LogP contribution is -2.06. The molecule has 132 valence electrons. The summed E-state index contributed by atoms with van der Waals surface area (Å²) in [6.07, 6.45) is 7.20. The van der Waals surface area contributed by atoms with Crippen LogP contribution in [0.1, 0.15) is 24.7 Å². The van der Waals surface area contributed by atoms with Gasteiger partial charge in [0.05, 0.1) is 17.9 Å². The number of aromatic nitrogens is 6. The Balaban J connectivity index is 1.77. The maximum absolute atomic E-state index is 6.10. The van der Waals surface area contributed by atoms with Gasteiger partial charge in [-0.15, -0.1) is 0 Å². The molecule has 0 unspecified atom stereocenters. The van der Waals surface area contributed by atoms with Crippen molar-refractivity contribution >= 4 is 28.8 Å².